The molecule has 0 unspecified atom stereocenters. The van der Waals surface area contributed by atoms with Crippen LogP contribution in [0.15, 0.2) is 107 Å². The summed E-state index contributed by atoms with van der Waals surface area (Å²) in [4.78, 5) is 117. The van der Waals surface area contributed by atoms with Crippen LogP contribution in [0.3, 0.4) is 0 Å². The van der Waals surface area contributed by atoms with Crippen molar-refractivity contribution in [2.45, 2.75) is 40.0 Å². The lowest BCUT2D eigenvalue weighted by Gasteiger charge is -2.20. The number of aromatic nitrogens is 3. The van der Waals surface area contributed by atoms with Crippen LogP contribution in [0.2, 0.25) is 0 Å². The SMILES string of the molecule is C=CC(=O)OCCOC(=O)Cc1cccc(-n2c(=O)n(-c3cccc(CC(=O)OCCOC(=O)C=C)c3C)c(=O)n(-c3cccc(CC(=O)OCCOC(=O)C=C)c3C)c2=O)c1C. The molecule has 0 aliphatic rings. The van der Waals surface area contributed by atoms with Crippen LogP contribution < -0.4 is 17.1 Å². The molecule has 0 fully saturated rings. The zero-order chi connectivity index (χ0) is 46.2. The van der Waals surface area contributed by atoms with Gasteiger partial charge in [-0.25, -0.2) is 42.5 Å². The van der Waals surface area contributed by atoms with Gasteiger partial charge < -0.3 is 28.4 Å². The molecule has 0 aliphatic heterocycles. The Morgan fingerprint density at radius 1 is 0.429 bits per heavy atom. The van der Waals surface area contributed by atoms with Gasteiger partial charge in [0.25, 0.3) is 0 Å². The molecule has 0 saturated heterocycles. The van der Waals surface area contributed by atoms with Crippen molar-refractivity contribution in [3.63, 3.8) is 0 Å². The van der Waals surface area contributed by atoms with Crippen molar-refractivity contribution < 1.29 is 57.2 Å². The number of ether oxygens (including phenoxy) is 6. The molecule has 0 N–H and O–H groups in total. The van der Waals surface area contributed by atoms with E-state index in [1.165, 1.54) is 36.4 Å². The van der Waals surface area contributed by atoms with Gasteiger partial charge in [0.1, 0.15) is 39.6 Å². The van der Waals surface area contributed by atoms with Crippen molar-refractivity contribution in [1.82, 2.24) is 13.7 Å². The quantitative estimate of drug-likeness (QED) is 0.0508. The van der Waals surface area contributed by atoms with Crippen molar-refractivity contribution in [3.05, 3.63) is 157 Å². The summed E-state index contributed by atoms with van der Waals surface area (Å²) in [6.45, 7) is 13.2. The fourth-order valence-corrected chi connectivity index (χ4v) is 6.16. The van der Waals surface area contributed by atoms with Gasteiger partial charge in [0, 0.05) is 18.2 Å². The number of hydrogen-bond donors (Lipinski definition) is 0. The Morgan fingerprint density at radius 3 is 0.905 bits per heavy atom. The molecule has 0 aliphatic carbocycles. The van der Waals surface area contributed by atoms with Crippen LogP contribution in [0.1, 0.15) is 33.4 Å². The number of rotatable bonds is 21. The number of benzene rings is 3. The van der Waals surface area contributed by atoms with Crippen molar-refractivity contribution in [3.8, 4) is 17.1 Å². The Kier molecular flexibility index (Phi) is 17.2. The van der Waals surface area contributed by atoms with Crippen LogP contribution in [-0.2, 0) is 76.5 Å². The summed E-state index contributed by atoms with van der Waals surface area (Å²) in [7, 11) is 0. The zero-order valence-electron chi connectivity index (χ0n) is 34.9. The van der Waals surface area contributed by atoms with Gasteiger partial charge in [-0.2, -0.15) is 0 Å². The van der Waals surface area contributed by atoms with E-state index in [9.17, 15) is 43.2 Å². The third-order valence-corrected chi connectivity index (χ3v) is 9.40. The third kappa shape index (κ3) is 12.3. The molecule has 0 bridgehead atoms. The minimum Gasteiger partial charge on any atom is -0.462 e. The zero-order valence-corrected chi connectivity index (χ0v) is 34.9. The molecule has 330 valence electrons. The Hall–Kier alpha value is -7.89. The van der Waals surface area contributed by atoms with Gasteiger partial charge in [-0.15, -0.1) is 0 Å². The van der Waals surface area contributed by atoms with Crippen molar-refractivity contribution in [2.24, 2.45) is 0 Å². The minimum absolute atomic E-state index is 0.0155. The number of carbonyl (C=O) groups is 6. The monoisotopic (exact) mass is 867 g/mol. The van der Waals surface area contributed by atoms with Crippen molar-refractivity contribution in [2.75, 3.05) is 39.6 Å². The maximum absolute atomic E-state index is 14.7. The number of carbonyl (C=O) groups excluding carboxylic acids is 6. The summed E-state index contributed by atoms with van der Waals surface area (Å²) in [5.74, 6) is -4.18. The topological polar surface area (TPSA) is 224 Å². The first-order chi connectivity index (χ1) is 30.1. The van der Waals surface area contributed by atoms with Crippen molar-refractivity contribution >= 4 is 35.8 Å². The molecule has 63 heavy (non-hydrogen) atoms. The van der Waals surface area contributed by atoms with Gasteiger partial charge in [-0.05, 0) is 72.4 Å². The number of esters is 6. The van der Waals surface area contributed by atoms with E-state index in [-0.39, 0.29) is 76.0 Å². The van der Waals surface area contributed by atoms with Crippen LogP contribution in [-0.4, -0.2) is 89.2 Å². The molecule has 18 heteroatoms. The molecular formula is C45H45N3O15. The fraction of sp³-hybridized carbons (Fsp3) is 0.267. The molecule has 4 rings (SSSR count). The molecular weight excluding hydrogens is 823 g/mol. The smallest absolute Gasteiger partial charge is 0.345 e. The Morgan fingerprint density at radius 2 is 0.667 bits per heavy atom. The molecule has 0 radical (unpaired) electrons. The van der Waals surface area contributed by atoms with E-state index in [0.717, 1.165) is 31.9 Å². The maximum Gasteiger partial charge on any atom is 0.345 e. The largest absolute Gasteiger partial charge is 0.462 e. The average molecular weight is 868 g/mol. The molecule has 0 atom stereocenters. The van der Waals surface area contributed by atoms with E-state index in [0.29, 0.717) is 33.4 Å². The van der Waals surface area contributed by atoms with E-state index in [4.69, 9.17) is 28.4 Å². The first-order valence-electron chi connectivity index (χ1n) is 19.3. The summed E-state index contributed by atoms with van der Waals surface area (Å²) in [5, 5.41) is 0. The summed E-state index contributed by atoms with van der Waals surface area (Å²) in [5.41, 5.74) is -1.20. The second-order valence-corrected chi connectivity index (χ2v) is 13.3. The first kappa shape index (κ1) is 47.8. The normalized spacial score (nSPS) is 10.5. The van der Waals surface area contributed by atoms with E-state index >= 15 is 0 Å². The van der Waals surface area contributed by atoms with Gasteiger partial charge >= 0.3 is 52.9 Å². The van der Waals surface area contributed by atoms with Crippen LogP contribution >= 0.6 is 0 Å². The molecule has 0 spiro atoms. The number of hydrogen-bond acceptors (Lipinski definition) is 15. The summed E-state index contributed by atoms with van der Waals surface area (Å²) in [6.07, 6.45) is 1.97. The summed E-state index contributed by atoms with van der Waals surface area (Å²) < 4.78 is 32.4. The second-order valence-electron chi connectivity index (χ2n) is 13.3. The van der Waals surface area contributed by atoms with E-state index in [1.54, 1.807) is 39.0 Å². The van der Waals surface area contributed by atoms with E-state index < -0.39 is 52.9 Å². The van der Waals surface area contributed by atoms with Gasteiger partial charge in [0.2, 0.25) is 0 Å². The molecule has 4 aromatic rings. The highest BCUT2D eigenvalue weighted by Gasteiger charge is 2.25. The second kappa shape index (κ2) is 22.6. The number of nitrogens with zero attached hydrogens (tertiary/aromatic N) is 3. The highest BCUT2D eigenvalue weighted by molar-refractivity contribution is 5.82. The lowest BCUT2D eigenvalue weighted by atomic mass is 10.0. The minimum atomic E-state index is -1.09. The first-order valence-corrected chi connectivity index (χ1v) is 19.3. The highest BCUT2D eigenvalue weighted by Crippen LogP contribution is 2.21. The fourth-order valence-electron chi connectivity index (χ4n) is 6.16. The molecule has 0 amide bonds. The average Bonchev–Trinajstić information content (AvgIpc) is 3.26. The van der Waals surface area contributed by atoms with Gasteiger partial charge in [-0.1, -0.05) is 56.1 Å². The van der Waals surface area contributed by atoms with Crippen LogP contribution in [0.4, 0.5) is 0 Å². The van der Waals surface area contributed by atoms with Crippen LogP contribution in [0.5, 0.6) is 0 Å². The Balaban J connectivity index is 1.84. The van der Waals surface area contributed by atoms with E-state index in [1.807, 2.05) is 0 Å². The van der Waals surface area contributed by atoms with Crippen LogP contribution in [0, 0.1) is 20.8 Å². The van der Waals surface area contributed by atoms with Crippen molar-refractivity contribution in [1.29, 1.82) is 0 Å². The van der Waals surface area contributed by atoms with Crippen LogP contribution in [0.25, 0.3) is 17.1 Å². The van der Waals surface area contributed by atoms with Gasteiger partial charge in [0.05, 0.1) is 36.3 Å². The predicted octanol–water partition coefficient (Wildman–Crippen LogP) is 2.51. The van der Waals surface area contributed by atoms with Gasteiger partial charge in [-0.3, -0.25) is 14.4 Å². The Labute approximate surface area is 360 Å². The lowest BCUT2D eigenvalue weighted by Crippen LogP contribution is -2.53. The standard InChI is InChI=1S/C45H45N3O15/c1-7-37(49)58-19-22-61-40(52)25-31-13-10-16-34(28(31)4)46-43(55)47(35-17-11-14-32(29(35)5)26-41(53)62-23-20-59-38(50)8-2)45(57)48(44(46)56)36-18-12-15-33(30(36)6)27-42(54)63-24-21-60-39(51)9-3/h7-18H,1-3,19-27H2,4-6H3. The van der Waals surface area contributed by atoms with E-state index in [2.05, 4.69) is 19.7 Å². The molecule has 1 heterocycles. The molecule has 0 saturated carbocycles. The summed E-state index contributed by atoms with van der Waals surface area (Å²) >= 11 is 0. The highest BCUT2D eigenvalue weighted by atomic mass is 16.6. The molecule has 3 aromatic carbocycles. The molecule has 1 aromatic heterocycles. The predicted molar refractivity (Wildman–Crippen MR) is 225 cm³/mol. The maximum atomic E-state index is 14.7. The third-order valence-electron chi connectivity index (χ3n) is 9.40. The lowest BCUT2D eigenvalue weighted by molar-refractivity contribution is -0.149. The Bertz CT molecular complexity index is 2320. The van der Waals surface area contributed by atoms with Gasteiger partial charge in [0.15, 0.2) is 0 Å². The molecule has 18 nitrogen and oxygen atoms in total. The summed E-state index contributed by atoms with van der Waals surface area (Å²) in [6, 6.07) is 13.7.